The molecule has 1 atom stereocenters. The molecule has 2 fully saturated rings. The lowest BCUT2D eigenvalue weighted by Gasteiger charge is -2.39. The van der Waals surface area contributed by atoms with Crippen LogP contribution in [-0.4, -0.2) is 84.8 Å². The van der Waals surface area contributed by atoms with Gasteiger partial charge < -0.3 is 4.74 Å². The fraction of sp³-hybridized carbons (Fsp3) is 0.773. The number of ether oxygens (including phenoxy) is 1. The summed E-state index contributed by atoms with van der Waals surface area (Å²) in [6.07, 6.45) is 4.59. The summed E-state index contributed by atoms with van der Waals surface area (Å²) >= 11 is 0. The number of likely N-dealkylation sites (N-methyl/N-ethyl adjacent to an activating group) is 1. The maximum absolute atomic E-state index is 5.52. The summed E-state index contributed by atoms with van der Waals surface area (Å²) in [5.74, 6) is 0. The Bertz CT molecular complexity index is 545. The molecule has 2 aliphatic heterocycles. The molecule has 0 unspecified atom stereocenters. The van der Waals surface area contributed by atoms with Crippen LogP contribution in [0.4, 0.5) is 0 Å². The van der Waals surface area contributed by atoms with Crippen molar-refractivity contribution in [2.24, 2.45) is 5.41 Å². The second-order valence-electron chi connectivity index (χ2n) is 8.97. The van der Waals surface area contributed by atoms with E-state index in [1.165, 1.54) is 31.6 Å². The minimum Gasteiger partial charge on any atom is -0.379 e. The van der Waals surface area contributed by atoms with Gasteiger partial charge in [-0.1, -0.05) is 26.8 Å². The third kappa shape index (κ3) is 6.53. The summed E-state index contributed by atoms with van der Waals surface area (Å²) in [4.78, 5) is 12.5. The minimum absolute atomic E-state index is 0.252. The quantitative estimate of drug-likeness (QED) is 0.663. The van der Waals surface area contributed by atoms with Gasteiger partial charge in [0.1, 0.15) is 0 Å². The van der Waals surface area contributed by atoms with Crippen LogP contribution in [-0.2, 0) is 11.3 Å². The van der Waals surface area contributed by atoms with Crippen LogP contribution < -0.4 is 0 Å². The normalized spacial score (nSPS) is 22.6. The van der Waals surface area contributed by atoms with Crippen molar-refractivity contribution in [3.05, 3.63) is 30.1 Å². The zero-order chi connectivity index (χ0) is 19.1. The lowest BCUT2D eigenvalue weighted by Crippen LogP contribution is -2.48. The summed E-state index contributed by atoms with van der Waals surface area (Å²) in [6, 6.07) is 6.96. The number of hydrogen-bond acceptors (Lipinski definition) is 5. The van der Waals surface area contributed by atoms with E-state index < -0.39 is 0 Å². The van der Waals surface area contributed by atoms with Crippen LogP contribution in [0.5, 0.6) is 0 Å². The molecular formula is C22H38N4O. The third-order valence-corrected chi connectivity index (χ3v) is 5.89. The molecule has 5 heteroatoms. The van der Waals surface area contributed by atoms with Crippen molar-refractivity contribution >= 4 is 0 Å². The molecule has 27 heavy (non-hydrogen) atoms. The van der Waals surface area contributed by atoms with Crippen molar-refractivity contribution in [3.8, 4) is 0 Å². The van der Waals surface area contributed by atoms with E-state index in [9.17, 15) is 0 Å². The first kappa shape index (κ1) is 20.7. The first-order valence-corrected chi connectivity index (χ1v) is 10.7. The summed E-state index contributed by atoms with van der Waals surface area (Å²) < 4.78 is 5.52. The maximum Gasteiger partial charge on any atom is 0.0594 e. The summed E-state index contributed by atoms with van der Waals surface area (Å²) in [5.41, 5.74) is 1.43. The SMILES string of the molecule is CCN1CCC[C@@H]1CN(Cc1ccccn1)CC(C)(C)CN1CCOCC1. The monoisotopic (exact) mass is 374 g/mol. The first-order chi connectivity index (χ1) is 13.1. The van der Waals surface area contributed by atoms with Crippen molar-refractivity contribution < 1.29 is 4.74 Å². The molecule has 0 saturated carbocycles. The predicted molar refractivity (Wildman–Crippen MR) is 111 cm³/mol. The minimum atomic E-state index is 0.252. The number of aromatic nitrogens is 1. The molecule has 3 heterocycles. The van der Waals surface area contributed by atoms with Crippen LogP contribution >= 0.6 is 0 Å². The molecular weight excluding hydrogens is 336 g/mol. The number of morpholine rings is 1. The van der Waals surface area contributed by atoms with E-state index in [4.69, 9.17) is 4.74 Å². The van der Waals surface area contributed by atoms with Crippen LogP contribution in [0.15, 0.2) is 24.4 Å². The number of likely N-dealkylation sites (tertiary alicyclic amines) is 1. The third-order valence-electron chi connectivity index (χ3n) is 5.89. The Hall–Kier alpha value is -1.01. The zero-order valence-electron chi connectivity index (χ0n) is 17.6. The Labute approximate surface area is 165 Å². The molecule has 0 aromatic carbocycles. The average Bonchev–Trinajstić information content (AvgIpc) is 3.09. The van der Waals surface area contributed by atoms with Gasteiger partial charge in [0.2, 0.25) is 0 Å². The highest BCUT2D eigenvalue weighted by Crippen LogP contribution is 2.24. The lowest BCUT2D eigenvalue weighted by atomic mass is 9.91. The highest BCUT2D eigenvalue weighted by molar-refractivity contribution is 5.03. The van der Waals surface area contributed by atoms with Crippen molar-refractivity contribution in [3.63, 3.8) is 0 Å². The predicted octanol–water partition coefficient (Wildman–Crippen LogP) is 2.73. The van der Waals surface area contributed by atoms with E-state index in [0.717, 1.165) is 52.5 Å². The van der Waals surface area contributed by atoms with Gasteiger partial charge in [0, 0.05) is 51.5 Å². The molecule has 0 aliphatic carbocycles. The highest BCUT2D eigenvalue weighted by Gasteiger charge is 2.30. The fourth-order valence-corrected chi connectivity index (χ4v) is 4.74. The molecule has 0 bridgehead atoms. The van der Waals surface area contributed by atoms with E-state index in [1.807, 2.05) is 12.3 Å². The highest BCUT2D eigenvalue weighted by atomic mass is 16.5. The average molecular weight is 375 g/mol. The Morgan fingerprint density at radius 3 is 2.74 bits per heavy atom. The molecule has 152 valence electrons. The van der Waals surface area contributed by atoms with Gasteiger partial charge in [-0.05, 0) is 43.5 Å². The van der Waals surface area contributed by atoms with Crippen LogP contribution in [0.2, 0.25) is 0 Å². The Balaban J connectivity index is 1.64. The Morgan fingerprint density at radius 2 is 2.04 bits per heavy atom. The molecule has 5 nitrogen and oxygen atoms in total. The smallest absolute Gasteiger partial charge is 0.0594 e. The molecule has 3 rings (SSSR count). The van der Waals surface area contributed by atoms with Gasteiger partial charge in [-0.15, -0.1) is 0 Å². The summed E-state index contributed by atoms with van der Waals surface area (Å²) in [5, 5.41) is 0. The van der Waals surface area contributed by atoms with Crippen LogP contribution in [0.3, 0.4) is 0 Å². The van der Waals surface area contributed by atoms with E-state index in [-0.39, 0.29) is 5.41 Å². The second-order valence-corrected chi connectivity index (χ2v) is 8.97. The number of pyridine rings is 1. The molecule has 0 amide bonds. The molecule has 0 spiro atoms. The number of nitrogens with zero attached hydrogens (tertiary/aromatic N) is 4. The van der Waals surface area contributed by atoms with Crippen molar-refractivity contribution in [2.45, 2.75) is 46.2 Å². The van der Waals surface area contributed by atoms with Crippen LogP contribution in [0, 0.1) is 5.41 Å². The zero-order valence-corrected chi connectivity index (χ0v) is 17.6. The number of rotatable bonds is 9. The molecule has 1 aromatic heterocycles. The molecule has 0 N–H and O–H groups in total. The van der Waals surface area contributed by atoms with E-state index in [2.05, 4.69) is 52.6 Å². The van der Waals surface area contributed by atoms with Gasteiger partial charge in [-0.25, -0.2) is 0 Å². The van der Waals surface area contributed by atoms with Crippen molar-refractivity contribution in [1.82, 2.24) is 19.7 Å². The second kappa shape index (κ2) is 9.97. The molecule has 0 radical (unpaired) electrons. The summed E-state index contributed by atoms with van der Waals surface area (Å²) in [6.45, 7) is 17.8. The van der Waals surface area contributed by atoms with Gasteiger partial charge in [0.15, 0.2) is 0 Å². The van der Waals surface area contributed by atoms with Gasteiger partial charge in [-0.3, -0.25) is 19.7 Å². The maximum atomic E-state index is 5.52. The molecule has 2 saturated heterocycles. The van der Waals surface area contributed by atoms with Gasteiger partial charge in [-0.2, -0.15) is 0 Å². The van der Waals surface area contributed by atoms with Gasteiger partial charge in [0.05, 0.1) is 18.9 Å². The number of hydrogen-bond donors (Lipinski definition) is 0. The lowest BCUT2D eigenvalue weighted by molar-refractivity contribution is 0.0128. The molecule has 1 aromatic rings. The van der Waals surface area contributed by atoms with Gasteiger partial charge in [0.25, 0.3) is 0 Å². The van der Waals surface area contributed by atoms with Crippen molar-refractivity contribution in [2.75, 3.05) is 59.0 Å². The van der Waals surface area contributed by atoms with Crippen LogP contribution in [0.25, 0.3) is 0 Å². The Morgan fingerprint density at radius 1 is 1.22 bits per heavy atom. The van der Waals surface area contributed by atoms with E-state index in [0.29, 0.717) is 6.04 Å². The largest absolute Gasteiger partial charge is 0.379 e. The summed E-state index contributed by atoms with van der Waals surface area (Å²) in [7, 11) is 0. The first-order valence-electron chi connectivity index (χ1n) is 10.7. The topological polar surface area (TPSA) is 31.8 Å². The van der Waals surface area contributed by atoms with Crippen LogP contribution in [0.1, 0.15) is 39.3 Å². The van der Waals surface area contributed by atoms with E-state index in [1.54, 1.807) is 0 Å². The van der Waals surface area contributed by atoms with E-state index >= 15 is 0 Å². The standard InChI is InChI=1S/C22H38N4O/c1-4-26-11-7-9-21(26)17-25(16-20-8-5-6-10-23-20)19-22(2,3)18-24-12-14-27-15-13-24/h5-6,8,10,21H,4,7,9,11-19H2,1-3H3/t21-/m1/s1. The fourth-order valence-electron chi connectivity index (χ4n) is 4.74. The van der Waals surface area contributed by atoms with Gasteiger partial charge >= 0.3 is 0 Å². The molecule has 2 aliphatic rings. The van der Waals surface area contributed by atoms with Crippen molar-refractivity contribution in [1.29, 1.82) is 0 Å². The Kier molecular flexibility index (Phi) is 7.65.